The van der Waals surface area contributed by atoms with Crippen LogP contribution >= 0.6 is 0 Å². The Bertz CT molecular complexity index is 537. The Kier molecular flexibility index (Phi) is 4.31. The maximum Gasteiger partial charge on any atom is 0.240 e. The lowest BCUT2D eigenvalue weighted by Gasteiger charge is -2.13. The number of hydrogen-bond donors (Lipinski definition) is 3. The van der Waals surface area contributed by atoms with Gasteiger partial charge >= 0.3 is 0 Å². The van der Waals surface area contributed by atoms with Gasteiger partial charge in [-0.15, -0.1) is 0 Å². The summed E-state index contributed by atoms with van der Waals surface area (Å²) >= 11 is 0. The van der Waals surface area contributed by atoms with E-state index in [0.717, 1.165) is 18.9 Å². The largest absolute Gasteiger partial charge is 0.399 e. The van der Waals surface area contributed by atoms with Gasteiger partial charge in [0.25, 0.3) is 0 Å². The van der Waals surface area contributed by atoms with E-state index in [4.69, 9.17) is 10.9 Å². The summed E-state index contributed by atoms with van der Waals surface area (Å²) in [5.74, 6) is 0.763. The van der Waals surface area contributed by atoms with Gasteiger partial charge in [0, 0.05) is 12.2 Å². The third-order valence-electron chi connectivity index (χ3n) is 3.65. The van der Waals surface area contributed by atoms with Crippen LogP contribution in [0.1, 0.15) is 32.1 Å². The van der Waals surface area contributed by atoms with Crippen LogP contribution in [0.2, 0.25) is 0 Å². The Hall–Kier alpha value is -1.27. The van der Waals surface area contributed by atoms with Gasteiger partial charge in [-0.3, -0.25) is 0 Å². The molecule has 0 spiro atoms. The number of anilines is 2. The van der Waals surface area contributed by atoms with Crippen LogP contribution in [-0.2, 0) is 10.0 Å². The second-order valence-electron chi connectivity index (χ2n) is 5.17. The summed E-state index contributed by atoms with van der Waals surface area (Å²) in [5, 5.41) is 8.36. The SMILES string of the molecule is Nc1ccc(NCCC2CCCC2)c(S(N)(=O)=O)c1. The molecule has 0 heterocycles. The summed E-state index contributed by atoms with van der Waals surface area (Å²) < 4.78 is 23.0. The van der Waals surface area contributed by atoms with Gasteiger partial charge < -0.3 is 11.1 Å². The van der Waals surface area contributed by atoms with Crippen molar-refractivity contribution in [2.45, 2.75) is 37.0 Å². The van der Waals surface area contributed by atoms with E-state index in [1.807, 2.05) is 0 Å². The van der Waals surface area contributed by atoms with Crippen LogP contribution in [-0.4, -0.2) is 15.0 Å². The second-order valence-corrected chi connectivity index (χ2v) is 6.70. The summed E-state index contributed by atoms with van der Waals surface area (Å²) in [4.78, 5) is 0.0684. The highest BCUT2D eigenvalue weighted by molar-refractivity contribution is 7.89. The zero-order chi connectivity index (χ0) is 13.9. The van der Waals surface area contributed by atoms with Crippen LogP contribution in [0.5, 0.6) is 0 Å². The summed E-state index contributed by atoms with van der Waals surface area (Å²) in [5.41, 5.74) is 6.54. The summed E-state index contributed by atoms with van der Waals surface area (Å²) in [7, 11) is -3.75. The molecule has 2 rings (SSSR count). The molecule has 0 aromatic heterocycles. The molecule has 6 heteroatoms. The fourth-order valence-electron chi connectivity index (χ4n) is 2.63. The first-order valence-corrected chi connectivity index (χ1v) is 8.17. The Morgan fingerprint density at radius 1 is 1.26 bits per heavy atom. The lowest BCUT2D eigenvalue weighted by atomic mass is 10.0. The van der Waals surface area contributed by atoms with Crippen LogP contribution in [0.4, 0.5) is 11.4 Å². The topological polar surface area (TPSA) is 98.2 Å². The first kappa shape index (κ1) is 14.1. The molecule has 0 saturated heterocycles. The van der Waals surface area contributed by atoms with Gasteiger partial charge in [-0.25, -0.2) is 13.6 Å². The van der Waals surface area contributed by atoms with Crippen LogP contribution in [0.3, 0.4) is 0 Å². The van der Waals surface area contributed by atoms with Crippen molar-refractivity contribution in [3.05, 3.63) is 18.2 Å². The van der Waals surface area contributed by atoms with Crippen molar-refractivity contribution < 1.29 is 8.42 Å². The van der Waals surface area contributed by atoms with E-state index < -0.39 is 10.0 Å². The molecule has 1 aromatic carbocycles. The van der Waals surface area contributed by atoms with E-state index in [-0.39, 0.29) is 4.90 Å². The number of nitrogen functional groups attached to an aromatic ring is 1. The average molecular weight is 283 g/mol. The van der Waals surface area contributed by atoms with Crippen LogP contribution < -0.4 is 16.2 Å². The Morgan fingerprint density at radius 3 is 2.58 bits per heavy atom. The molecule has 1 aromatic rings. The van der Waals surface area contributed by atoms with Crippen molar-refractivity contribution in [1.29, 1.82) is 0 Å². The van der Waals surface area contributed by atoms with Gasteiger partial charge in [-0.1, -0.05) is 25.7 Å². The highest BCUT2D eigenvalue weighted by atomic mass is 32.2. The molecule has 1 aliphatic rings. The van der Waals surface area contributed by atoms with Crippen molar-refractivity contribution >= 4 is 21.4 Å². The Labute approximate surface area is 114 Å². The monoisotopic (exact) mass is 283 g/mol. The van der Waals surface area contributed by atoms with E-state index in [0.29, 0.717) is 11.4 Å². The van der Waals surface area contributed by atoms with Gasteiger partial charge in [0.1, 0.15) is 4.90 Å². The molecule has 0 bridgehead atoms. The van der Waals surface area contributed by atoms with Gasteiger partial charge in [-0.05, 0) is 30.5 Å². The van der Waals surface area contributed by atoms with Gasteiger partial charge in [0.2, 0.25) is 10.0 Å². The lowest BCUT2D eigenvalue weighted by Crippen LogP contribution is -2.16. The first-order valence-electron chi connectivity index (χ1n) is 6.63. The highest BCUT2D eigenvalue weighted by Crippen LogP contribution is 2.28. The van der Waals surface area contributed by atoms with Gasteiger partial charge in [0.05, 0.1) is 5.69 Å². The summed E-state index contributed by atoms with van der Waals surface area (Å²) in [6, 6.07) is 4.74. The van der Waals surface area contributed by atoms with Crippen LogP contribution in [0, 0.1) is 5.92 Å². The number of hydrogen-bond acceptors (Lipinski definition) is 4. The van der Waals surface area contributed by atoms with Crippen molar-refractivity contribution in [1.82, 2.24) is 0 Å². The third-order valence-corrected chi connectivity index (χ3v) is 4.61. The molecule has 5 nitrogen and oxygen atoms in total. The Morgan fingerprint density at radius 2 is 1.95 bits per heavy atom. The normalized spacial score (nSPS) is 16.7. The molecule has 1 saturated carbocycles. The van der Waals surface area contributed by atoms with E-state index >= 15 is 0 Å². The van der Waals surface area contributed by atoms with E-state index in [1.54, 1.807) is 12.1 Å². The summed E-state index contributed by atoms with van der Waals surface area (Å²) in [6.45, 7) is 0.761. The molecule has 5 N–H and O–H groups in total. The standard InChI is InChI=1S/C13H21N3O2S/c14-11-5-6-12(13(9-11)19(15,17)18)16-8-7-10-3-1-2-4-10/h5-6,9-10,16H,1-4,7-8,14H2,(H2,15,17,18). The Balaban J connectivity index is 2.03. The molecule has 1 fully saturated rings. The fourth-order valence-corrected chi connectivity index (χ4v) is 3.38. The molecular formula is C13H21N3O2S. The van der Waals surface area contributed by atoms with Crippen molar-refractivity contribution in [3.63, 3.8) is 0 Å². The molecule has 106 valence electrons. The number of rotatable bonds is 5. The number of nitrogens with one attached hydrogen (secondary N) is 1. The maximum absolute atomic E-state index is 11.5. The van der Waals surface area contributed by atoms with Crippen molar-refractivity contribution in [2.75, 3.05) is 17.6 Å². The zero-order valence-corrected chi connectivity index (χ0v) is 11.7. The molecule has 1 aliphatic carbocycles. The number of nitrogens with two attached hydrogens (primary N) is 2. The molecule has 0 aliphatic heterocycles. The predicted octanol–water partition coefficient (Wildman–Crippen LogP) is 1.91. The lowest BCUT2D eigenvalue weighted by molar-refractivity contribution is 0.518. The molecule has 0 amide bonds. The first-order chi connectivity index (χ1) is 8.97. The fraction of sp³-hybridized carbons (Fsp3) is 0.538. The predicted molar refractivity (Wildman–Crippen MR) is 77.3 cm³/mol. The minimum absolute atomic E-state index is 0.0684. The number of benzene rings is 1. The second kappa shape index (κ2) is 5.79. The zero-order valence-electron chi connectivity index (χ0n) is 10.9. The molecule has 0 atom stereocenters. The minimum Gasteiger partial charge on any atom is -0.399 e. The third kappa shape index (κ3) is 3.84. The highest BCUT2D eigenvalue weighted by Gasteiger charge is 2.16. The van der Waals surface area contributed by atoms with Crippen LogP contribution in [0.15, 0.2) is 23.1 Å². The van der Waals surface area contributed by atoms with Gasteiger partial charge in [-0.2, -0.15) is 0 Å². The number of sulfonamides is 1. The minimum atomic E-state index is -3.75. The van der Waals surface area contributed by atoms with E-state index in [2.05, 4.69) is 5.32 Å². The smallest absolute Gasteiger partial charge is 0.240 e. The molecule has 0 radical (unpaired) electrons. The van der Waals surface area contributed by atoms with Crippen molar-refractivity contribution in [3.8, 4) is 0 Å². The number of primary sulfonamides is 1. The van der Waals surface area contributed by atoms with E-state index in [9.17, 15) is 8.42 Å². The molecule has 19 heavy (non-hydrogen) atoms. The van der Waals surface area contributed by atoms with Gasteiger partial charge in [0.15, 0.2) is 0 Å². The van der Waals surface area contributed by atoms with Crippen molar-refractivity contribution in [2.24, 2.45) is 11.1 Å². The maximum atomic E-state index is 11.5. The molecule has 0 unspecified atom stereocenters. The van der Waals surface area contributed by atoms with E-state index in [1.165, 1.54) is 31.7 Å². The molecular weight excluding hydrogens is 262 g/mol. The summed E-state index contributed by atoms with van der Waals surface area (Å²) in [6.07, 6.45) is 6.26. The average Bonchev–Trinajstić information content (AvgIpc) is 2.83. The quantitative estimate of drug-likeness (QED) is 0.719. The van der Waals surface area contributed by atoms with Crippen LogP contribution in [0.25, 0.3) is 0 Å².